The van der Waals surface area contributed by atoms with Gasteiger partial charge in [0.2, 0.25) is 0 Å². The lowest BCUT2D eigenvalue weighted by Crippen LogP contribution is -2.21. The lowest BCUT2D eigenvalue weighted by atomic mass is 9.91. The van der Waals surface area contributed by atoms with Crippen molar-refractivity contribution in [3.63, 3.8) is 0 Å². The minimum atomic E-state index is -0.999. The summed E-state index contributed by atoms with van der Waals surface area (Å²) in [6.45, 7) is 0. The number of halogens is 1. The Kier molecular flexibility index (Phi) is 4.22. The standard InChI is InChI=1S/C14H14ClNO3/c15-9-5-7-10(8-6-9)16-13(17)11-3-1-2-4-12(11)14(18)19/h5-8H,1-4H2,(H,16,17)(H,18,19). The molecule has 0 unspecified atom stereocenters. The number of anilines is 1. The second kappa shape index (κ2) is 5.89. The predicted molar refractivity (Wildman–Crippen MR) is 73.2 cm³/mol. The van der Waals surface area contributed by atoms with Crippen LogP contribution in [0.5, 0.6) is 0 Å². The molecule has 1 aliphatic carbocycles. The van der Waals surface area contributed by atoms with Crippen LogP contribution in [0.2, 0.25) is 5.02 Å². The molecule has 0 aliphatic heterocycles. The lowest BCUT2D eigenvalue weighted by molar-refractivity contribution is -0.133. The first-order chi connectivity index (χ1) is 9.08. The van der Waals surface area contributed by atoms with E-state index >= 15 is 0 Å². The van der Waals surface area contributed by atoms with Gasteiger partial charge in [0, 0.05) is 21.9 Å². The number of carbonyl (C=O) groups excluding carboxylic acids is 1. The van der Waals surface area contributed by atoms with Crippen LogP contribution < -0.4 is 5.32 Å². The van der Waals surface area contributed by atoms with E-state index in [1.54, 1.807) is 24.3 Å². The van der Waals surface area contributed by atoms with Gasteiger partial charge in [-0.05, 0) is 49.9 Å². The molecule has 1 aromatic carbocycles. The smallest absolute Gasteiger partial charge is 0.332 e. The van der Waals surface area contributed by atoms with E-state index in [2.05, 4.69) is 5.32 Å². The summed E-state index contributed by atoms with van der Waals surface area (Å²) in [4.78, 5) is 23.2. The number of aliphatic carboxylic acids is 1. The highest BCUT2D eigenvalue weighted by atomic mass is 35.5. The van der Waals surface area contributed by atoms with Crippen molar-refractivity contribution in [1.82, 2.24) is 0 Å². The van der Waals surface area contributed by atoms with Crippen LogP contribution in [-0.4, -0.2) is 17.0 Å². The summed E-state index contributed by atoms with van der Waals surface area (Å²) in [5.41, 5.74) is 1.23. The molecule has 2 rings (SSSR count). The fourth-order valence-electron chi connectivity index (χ4n) is 2.13. The summed E-state index contributed by atoms with van der Waals surface area (Å²) < 4.78 is 0. The van der Waals surface area contributed by atoms with Crippen molar-refractivity contribution < 1.29 is 14.7 Å². The Morgan fingerprint density at radius 1 is 1.05 bits per heavy atom. The normalized spacial score (nSPS) is 15.2. The summed E-state index contributed by atoms with van der Waals surface area (Å²) in [6.07, 6.45) is 2.64. The van der Waals surface area contributed by atoms with Crippen LogP contribution in [0.15, 0.2) is 35.4 Å². The molecule has 2 N–H and O–H groups in total. The van der Waals surface area contributed by atoms with E-state index in [0.29, 0.717) is 29.1 Å². The number of carbonyl (C=O) groups is 2. The van der Waals surface area contributed by atoms with Crippen molar-refractivity contribution >= 4 is 29.2 Å². The third-order valence-corrected chi connectivity index (χ3v) is 3.35. The van der Waals surface area contributed by atoms with E-state index in [0.717, 1.165) is 12.8 Å². The summed E-state index contributed by atoms with van der Waals surface area (Å²) >= 11 is 5.76. The largest absolute Gasteiger partial charge is 0.478 e. The minimum Gasteiger partial charge on any atom is -0.478 e. The van der Waals surface area contributed by atoms with E-state index in [4.69, 9.17) is 16.7 Å². The van der Waals surface area contributed by atoms with Crippen LogP contribution in [0, 0.1) is 0 Å². The molecule has 0 aromatic heterocycles. The Labute approximate surface area is 116 Å². The Balaban J connectivity index is 2.18. The van der Waals surface area contributed by atoms with Gasteiger partial charge in [0.05, 0.1) is 0 Å². The van der Waals surface area contributed by atoms with Gasteiger partial charge in [0.1, 0.15) is 0 Å². The first-order valence-corrected chi connectivity index (χ1v) is 6.48. The maximum atomic E-state index is 12.1. The van der Waals surface area contributed by atoms with Crippen LogP contribution in [0.25, 0.3) is 0 Å². The van der Waals surface area contributed by atoms with Gasteiger partial charge in [-0.15, -0.1) is 0 Å². The zero-order valence-corrected chi connectivity index (χ0v) is 11.0. The topological polar surface area (TPSA) is 66.4 Å². The Morgan fingerprint density at radius 3 is 2.21 bits per heavy atom. The van der Waals surface area contributed by atoms with Crippen LogP contribution >= 0.6 is 11.6 Å². The minimum absolute atomic E-state index is 0.234. The number of benzene rings is 1. The molecule has 0 bridgehead atoms. The summed E-state index contributed by atoms with van der Waals surface area (Å²) in [6, 6.07) is 6.71. The summed E-state index contributed by atoms with van der Waals surface area (Å²) in [5, 5.41) is 12.4. The molecule has 19 heavy (non-hydrogen) atoms. The van der Waals surface area contributed by atoms with Crippen LogP contribution in [0.3, 0.4) is 0 Å². The van der Waals surface area contributed by atoms with E-state index in [1.165, 1.54) is 0 Å². The van der Waals surface area contributed by atoms with Gasteiger partial charge in [-0.1, -0.05) is 11.6 Å². The quantitative estimate of drug-likeness (QED) is 0.893. The molecule has 1 aromatic rings. The SMILES string of the molecule is O=C(O)C1=C(C(=O)Nc2ccc(Cl)cc2)CCCC1. The number of hydrogen-bond acceptors (Lipinski definition) is 2. The van der Waals surface area contributed by atoms with Gasteiger partial charge in [-0.25, -0.2) is 4.79 Å². The van der Waals surface area contributed by atoms with Crippen LogP contribution in [0.4, 0.5) is 5.69 Å². The zero-order chi connectivity index (χ0) is 13.8. The average Bonchev–Trinajstić information content (AvgIpc) is 2.41. The van der Waals surface area contributed by atoms with Crippen molar-refractivity contribution in [2.24, 2.45) is 0 Å². The molecule has 4 nitrogen and oxygen atoms in total. The molecular formula is C14H14ClNO3. The zero-order valence-electron chi connectivity index (χ0n) is 10.3. The monoisotopic (exact) mass is 279 g/mol. The lowest BCUT2D eigenvalue weighted by Gasteiger charge is -2.17. The van der Waals surface area contributed by atoms with Crippen molar-refractivity contribution in [3.8, 4) is 0 Å². The Bertz CT molecular complexity index is 534. The Morgan fingerprint density at radius 2 is 1.63 bits per heavy atom. The molecule has 0 spiro atoms. The third-order valence-electron chi connectivity index (χ3n) is 3.10. The maximum absolute atomic E-state index is 12.1. The molecule has 5 heteroatoms. The second-order valence-electron chi connectivity index (χ2n) is 4.43. The molecule has 100 valence electrons. The van der Waals surface area contributed by atoms with Gasteiger partial charge in [-0.2, -0.15) is 0 Å². The van der Waals surface area contributed by atoms with E-state index in [-0.39, 0.29) is 11.5 Å². The molecule has 0 radical (unpaired) electrons. The molecule has 0 heterocycles. The fraction of sp³-hybridized carbons (Fsp3) is 0.286. The first kappa shape index (κ1) is 13.6. The third kappa shape index (κ3) is 3.35. The van der Waals surface area contributed by atoms with E-state index in [1.807, 2.05) is 0 Å². The molecule has 0 saturated carbocycles. The Hall–Kier alpha value is -1.81. The van der Waals surface area contributed by atoms with Gasteiger partial charge in [0.15, 0.2) is 0 Å². The summed E-state index contributed by atoms with van der Waals surface area (Å²) in [7, 11) is 0. The van der Waals surface area contributed by atoms with Crippen LogP contribution in [0.1, 0.15) is 25.7 Å². The molecule has 0 atom stereocenters. The molecule has 1 aliphatic rings. The van der Waals surface area contributed by atoms with Gasteiger partial charge < -0.3 is 10.4 Å². The predicted octanol–water partition coefficient (Wildman–Crippen LogP) is 3.23. The molecular weight excluding hydrogens is 266 g/mol. The molecule has 0 saturated heterocycles. The van der Waals surface area contributed by atoms with Gasteiger partial charge >= 0.3 is 5.97 Å². The number of carboxylic acid groups (broad SMARTS) is 1. The number of rotatable bonds is 3. The highest BCUT2D eigenvalue weighted by Crippen LogP contribution is 2.26. The first-order valence-electron chi connectivity index (χ1n) is 6.10. The van der Waals surface area contributed by atoms with Gasteiger partial charge in [0.25, 0.3) is 5.91 Å². The number of hydrogen-bond donors (Lipinski definition) is 2. The van der Waals surface area contributed by atoms with E-state index < -0.39 is 5.97 Å². The maximum Gasteiger partial charge on any atom is 0.332 e. The highest BCUT2D eigenvalue weighted by molar-refractivity contribution is 6.30. The fourth-order valence-corrected chi connectivity index (χ4v) is 2.26. The summed E-state index contributed by atoms with van der Waals surface area (Å²) in [5.74, 6) is -1.33. The number of amides is 1. The second-order valence-corrected chi connectivity index (χ2v) is 4.87. The van der Waals surface area contributed by atoms with Crippen molar-refractivity contribution in [3.05, 3.63) is 40.4 Å². The van der Waals surface area contributed by atoms with Crippen LogP contribution in [-0.2, 0) is 9.59 Å². The highest BCUT2D eigenvalue weighted by Gasteiger charge is 2.23. The molecule has 0 fully saturated rings. The molecule has 1 amide bonds. The van der Waals surface area contributed by atoms with Crippen molar-refractivity contribution in [1.29, 1.82) is 0 Å². The van der Waals surface area contributed by atoms with Gasteiger partial charge in [-0.3, -0.25) is 4.79 Å². The van der Waals surface area contributed by atoms with Crippen molar-refractivity contribution in [2.75, 3.05) is 5.32 Å². The number of nitrogens with one attached hydrogen (secondary N) is 1. The van der Waals surface area contributed by atoms with E-state index in [9.17, 15) is 9.59 Å². The number of carboxylic acids is 1. The van der Waals surface area contributed by atoms with Crippen molar-refractivity contribution in [2.45, 2.75) is 25.7 Å². The average molecular weight is 280 g/mol.